The van der Waals surface area contributed by atoms with Crippen molar-refractivity contribution >= 4 is 44.8 Å². The zero-order chi connectivity index (χ0) is 14.9. The maximum atomic E-state index is 13.8. The largest absolute Gasteiger partial charge is 0.374 e. The fraction of sp³-hybridized carbons (Fsp3) is 0.143. The summed E-state index contributed by atoms with van der Waals surface area (Å²) in [7, 11) is 0. The molecule has 2 aromatic carbocycles. The highest BCUT2D eigenvalue weighted by molar-refractivity contribution is 9.10. The number of nitrogens with one attached hydrogen (secondary N) is 1. The molecule has 0 spiro atoms. The van der Waals surface area contributed by atoms with Crippen molar-refractivity contribution < 1.29 is 8.78 Å². The lowest BCUT2D eigenvalue weighted by Gasteiger charge is -2.17. The summed E-state index contributed by atoms with van der Waals surface area (Å²) in [6.45, 7) is 1.78. The zero-order valence-corrected chi connectivity index (χ0v) is 13.5. The first-order valence-electron chi connectivity index (χ1n) is 5.74. The summed E-state index contributed by atoms with van der Waals surface area (Å²) in [5.74, 6) is -1.33. The van der Waals surface area contributed by atoms with E-state index >= 15 is 0 Å². The Hall–Kier alpha value is -0.840. The third-order valence-corrected chi connectivity index (χ3v) is 4.01. The van der Waals surface area contributed by atoms with Crippen LogP contribution in [0.3, 0.4) is 0 Å². The monoisotopic (exact) mass is 379 g/mol. The molecule has 0 bridgehead atoms. The van der Waals surface area contributed by atoms with Gasteiger partial charge in [-0.05, 0) is 36.8 Å². The van der Waals surface area contributed by atoms with Crippen molar-refractivity contribution in [3.63, 3.8) is 0 Å². The van der Waals surface area contributed by atoms with E-state index in [1.165, 1.54) is 12.1 Å². The lowest BCUT2D eigenvalue weighted by atomic mass is 10.1. The highest BCUT2D eigenvalue weighted by Crippen LogP contribution is 2.30. The molecular weight excluding hydrogens is 371 g/mol. The SMILES string of the molecule is CC(Nc1c(F)cc(Br)cc1F)c1ccc(Cl)c(Cl)c1. The molecule has 0 amide bonds. The molecule has 1 unspecified atom stereocenters. The minimum atomic E-state index is -0.663. The Morgan fingerprint density at radius 2 is 1.65 bits per heavy atom. The molecule has 1 nitrogen and oxygen atoms in total. The van der Waals surface area contributed by atoms with E-state index in [0.717, 1.165) is 5.56 Å². The van der Waals surface area contributed by atoms with Crippen LogP contribution in [0.15, 0.2) is 34.8 Å². The Bertz CT molecular complexity index is 626. The summed E-state index contributed by atoms with van der Waals surface area (Å²) in [5, 5.41) is 3.63. The van der Waals surface area contributed by atoms with Crippen LogP contribution >= 0.6 is 39.1 Å². The molecule has 6 heteroatoms. The van der Waals surface area contributed by atoms with E-state index < -0.39 is 11.6 Å². The predicted molar refractivity (Wildman–Crippen MR) is 82.6 cm³/mol. The van der Waals surface area contributed by atoms with E-state index in [-0.39, 0.29) is 11.7 Å². The van der Waals surface area contributed by atoms with Crippen LogP contribution in [-0.4, -0.2) is 0 Å². The van der Waals surface area contributed by atoms with Crippen LogP contribution in [0.2, 0.25) is 10.0 Å². The second kappa shape index (κ2) is 6.29. The van der Waals surface area contributed by atoms with Gasteiger partial charge in [-0.25, -0.2) is 8.78 Å². The van der Waals surface area contributed by atoms with Crippen molar-refractivity contribution in [2.45, 2.75) is 13.0 Å². The first-order chi connectivity index (χ1) is 9.38. The zero-order valence-electron chi connectivity index (χ0n) is 10.4. The van der Waals surface area contributed by atoms with Gasteiger partial charge in [0.15, 0.2) is 0 Å². The molecule has 1 atom stereocenters. The molecule has 0 saturated carbocycles. The minimum absolute atomic E-state index is 0.174. The molecule has 0 aliphatic rings. The third kappa shape index (κ3) is 3.43. The summed E-state index contributed by atoms with van der Waals surface area (Å²) in [6, 6.07) is 7.14. The third-order valence-electron chi connectivity index (χ3n) is 2.81. The smallest absolute Gasteiger partial charge is 0.150 e. The molecule has 1 N–H and O–H groups in total. The second-order valence-electron chi connectivity index (χ2n) is 4.28. The van der Waals surface area contributed by atoms with Gasteiger partial charge in [-0.15, -0.1) is 0 Å². The second-order valence-corrected chi connectivity index (χ2v) is 6.01. The Balaban J connectivity index is 2.27. The average molecular weight is 381 g/mol. The molecule has 0 aliphatic carbocycles. The van der Waals surface area contributed by atoms with Crippen molar-refractivity contribution in [1.29, 1.82) is 0 Å². The van der Waals surface area contributed by atoms with Crippen LogP contribution in [-0.2, 0) is 0 Å². The molecule has 0 saturated heterocycles. The standard InChI is InChI=1S/C14H10BrCl2F2N/c1-7(8-2-3-10(16)11(17)4-8)20-14-12(18)5-9(15)6-13(14)19/h2-7,20H,1H3. The van der Waals surface area contributed by atoms with Gasteiger partial charge in [-0.3, -0.25) is 0 Å². The van der Waals surface area contributed by atoms with Crippen LogP contribution in [0.5, 0.6) is 0 Å². The van der Waals surface area contributed by atoms with Gasteiger partial charge in [0.1, 0.15) is 17.3 Å². The summed E-state index contributed by atoms with van der Waals surface area (Å²) in [4.78, 5) is 0. The van der Waals surface area contributed by atoms with Crippen molar-refractivity contribution in [2.24, 2.45) is 0 Å². The molecule has 106 valence electrons. The average Bonchev–Trinajstić information content (AvgIpc) is 2.36. The molecule has 0 fully saturated rings. The molecule has 2 aromatic rings. The topological polar surface area (TPSA) is 12.0 Å². The Labute approximate surface area is 134 Å². The van der Waals surface area contributed by atoms with Crippen LogP contribution in [0.4, 0.5) is 14.5 Å². The van der Waals surface area contributed by atoms with E-state index in [1.807, 2.05) is 0 Å². The summed E-state index contributed by atoms with van der Waals surface area (Å²) in [5.41, 5.74) is 0.605. The quantitative estimate of drug-likeness (QED) is 0.667. The maximum Gasteiger partial charge on any atom is 0.150 e. The Kier molecular flexibility index (Phi) is 4.89. The molecule has 0 aliphatic heterocycles. The van der Waals surface area contributed by atoms with Gasteiger partial charge in [0.25, 0.3) is 0 Å². The maximum absolute atomic E-state index is 13.8. The lowest BCUT2D eigenvalue weighted by molar-refractivity contribution is 0.583. The van der Waals surface area contributed by atoms with E-state index in [1.54, 1.807) is 25.1 Å². The summed E-state index contributed by atoms with van der Waals surface area (Å²) in [6.07, 6.45) is 0. The predicted octanol–water partition coefficient (Wildman–Crippen LogP) is 6.21. The van der Waals surface area contributed by atoms with Gasteiger partial charge in [0.2, 0.25) is 0 Å². The van der Waals surface area contributed by atoms with Gasteiger partial charge in [0.05, 0.1) is 10.0 Å². The van der Waals surface area contributed by atoms with Gasteiger partial charge in [-0.2, -0.15) is 0 Å². The fourth-order valence-electron chi connectivity index (χ4n) is 1.76. The summed E-state index contributed by atoms with van der Waals surface area (Å²) >= 11 is 14.8. The van der Waals surface area contributed by atoms with E-state index in [9.17, 15) is 8.78 Å². The molecule has 0 heterocycles. The van der Waals surface area contributed by atoms with Gasteiger partial charge < -0.3 is 5.32 Å². The van der Waals surface area contributed by atoms with Crippen LogP contribution in [0.25, 0.3) is 0 Å². The van der Waals surface area contributed by atoms with Crippen molar-refractivity contribution in [2.75, 3.05) is 5.32 Å². The highest BCUT2D eigenvalue weighted by Gasteiger charge is 2.14. The lowest BCUT2D eigenvalue weighted by Crippen LogP contribution is -2.09. The van der Waals surface area contributed by atoms with Crippen molar-refractivity contribution in [3.8, 4) is 0 Å². The van der Waals surface area contributed by atoms with Crippen LogP contribution in [0.1, 0.15) is 18.5 Å². The van der Waals surface area contributed by atoms with Gasteiger partial charge >= 0.3 is 0 Å². The van der Waals surface area contributed by atoms with Crippen LogP contribution in [0, 0.1) is 11.6 Å². The number of rotatable bonds is 3. The normalized spacial score (nSPS) is 12.3. The first kappa shape index (κ1) is 15.5. The summed E-state index contributed by atoms with van der Waals surface area (Å²) < 4.78 is 27.8. The molecule has 0 radical (unpaired) electrons. The Morgan fingerprint density at radius 1 is 1.05 bits per heavy atom. The molecule has 2 rings (SSSR count). The van der Waals surface area contributed by atoms with E-state index in [0.29, 0.717) is 14.5 Å². The highest BCUT2D eigenvalue weighted by atomic mass is 79.9. The van der Waals surface area contributed by atoms with E-state index in [2.05, 4.69) is 21.2 Å². The molecule has 20 heavy (non-hydrogen) atoms. The number of benzene rings is 2. The van der Waals surface area contributed by atoms with Crippen molar-refractivity contribution in [1.82, 2.24) is 0 Å². The number of halogens is 5. The first-order valence-corrected chi connectivity index (χ1v) is 7.29. The minimum Gasteiger partial charge on any atom is -0.374 e. The fourth-order valence-corrected chi connectivity index (χ4v) is 2.47. The number of hydrogen-bond acceptors (Lipinski definition) is 1. The van der Waals surface area contributed by atoms with Crippen molar-refractivity contribution in [3.05, 3.63) is 62.0 Å². The number of hydrogen-bond donors (Lipinski definition) is 1. The number of anilines is 1. The molecular formula is C14H10BrCl2F2N. The van der Waals surface area contributed by atoms with Gasteiger partial charge in [-0.1, -0.05) is 45.2 Å². The van der Waals surface area contributed by atoms with E-state index in [4.69, 9.17) is 23.2 Å². The van der Waals surface area contributed by atoms with Gasteiger partial charge in [0, 0.05) is 10.5 Å². The molecule has 0 aromatic heterocycles. The van der Waals surface area contributed by atoms with Crippen LogP contribution < -0.4 is 5.32 Å². The Morgan fingerprint density at radius 3 is 2.20 bits per heavy atom.